The first-order valence-corrected chi connectivity index (χ1v) is 8.83. The number of hydrogen-bond donors (Lipinski definition) is 0. The van der Waals surface area contributed by atoms with E-state index in [1.165, 1.54) is 24.6 Å². The molecule has 5 nitrogen and oxygen atoms in total. The van der Waals surface area contributed by atoms with Gasteiger partial charge in [0.15, 0.2) is 0 Å². The van der Waals surface area contributed by atoms with Gasteiger partial charge in [-0.2, -0.15) is 0 Å². The van der Waals surface area contributed by atoms with E-state index in [0.717, 1.165) is 24.2 Å². The highest BCUT2D eigenvalue weighted by atomic mass is 19.1. The number of carbonyl (C=O) groups is 2. The van der Waals surface area contributed by atoms with Crippen molar-refractivity contribution < 1.29 is 23.5 Å². The van der Waals surface area contributed by atoms with E-state index in [9.17, 15) is 14.0 Å². The van der Waals surface area contributed by atoms with Crippen LogP contribution in [0.4, 0.5) is 10.1 Å². The monoisotopic (exact) mass is 351 g/mol. The average Bonchev–Trinajstić information content (AvgIpc) is 2.59. The lowest BCUT2D eigenvalue weighted by atomic mass is 9.89. The maximum absolute atomic E-state index is 14.1. The van der Waals surface area contributed by atoms with Gasteiger partial charge in [-0.25, -0.2) is 4.39 Å². The topological polar surface area (TPSA) is 55.8 Å². The van der Waals surface area contributed by atoms with Crippen LogP contribution in [-0.2, 0) is 19.1 Å². The molecule has 6 heteroatoms. The molecule has 0 spiro atoms. The molecule has 0 aromatic heterocycles. The average molecular weight is 351 g/mol. The summed E-state index contributed by atoms with van der Waals surface area (Å²) in [4.78, 5) is 25.5. The maximum atomic E-state index is 14.1. The maximum Gasteiger partial charge on any atom is 0.326 e. The van der Waals surface area contributed by atoms with E-state index in [1.807, 2.05) is 0 Å². The highest BCUT2D eigenvalue weighted by molar-refractivity contribution is 5.98. The van der Waals surface area contributed by atoms with Crippen molar-refractivity contribution in [3.63, 3.8) is 0 Å². The zero-order chi connectivity index (χ0) is 18.2. The second kappa shape index (κ2) is 9.51. The van der Waals surface area contributed by atoms with Crippen LogP contribution in [0.3, 0.4) is 0 Å². The Labute approximate surface area is 148 Å². The Bertz CT molecular complexity index is 593. The number of rotatable bonds is 7. The van der Waals surface area contributed by atoms with Crippen LogP contribution in [0, 0.1) is 11.7 Å². The summed E-state index contributed by atoms with van der Waals surface area (Å²) in [6.07, 6.45) is 4.15. The molecule has 2 unspecified atom stereocenters. The number of para-hydroxylation sites is 1. The Morgan fingerprint density at radius 1 is 1.28 bits per heavy atom. The summed E-state index contributed by atoms with van der Waals surface area (Å²) in [6, 6.07) is 5.87. The molecule has 138 valence electrons. The van der Waals surface area contributed by atoms with Crippen LogP contribution in [-0.4, -0.2) is 37.7 Å². The highest BCUT2D eigenvalue weighted by Gasteiger charge is 2.25. The molecule has 1 fully saturated rings. The predicted octanol–water partition coefficient (Wildman–Crippen LogP) is 3.32. The molecule has 1 aliphatic carbocycles. The Balaban J connectivity index is 2.04. The molecular formula is C19H26FNO4. The molecule has 1 amide bonds. The first-order chi connectivity index (χ1) is 12.0. The smallest absolute Gasteiger partial charge is 0.326 e. The highest BCUT2D eigenvalue weighted by Crippen LogP contribution is 2.26. The molecule has 1 aliphatic rings. The van der Waals surface area contributed by atoms with Gasteiger partial charge in [-0.15, -0.1) is 0 Å². The van der Waals surface area contributed by atoms with Gasteiger partial charge in [-0.3, -0.25) is 14.5 Å². The van der Waals surface area contributed by atoms with Crippen LogP contribution in [0.1, 0.15) is 39.5 Å². The van der Waals surface area contributed by atoms with Crippen LogP contribution in [0.15, 0.2) is 24.3 Å². The predicted molar refractivity (Wildman–Crippen MR) is 92.8 cm³/mol. The zero-order valence-corrected chi connectivity index (χ0v) is 14.9. The number of esters is 1. The van der Waals surface area contributed by atoms with Crippen LogP contribution in [0.5, 0.6) is 0 Å². The van der Waals surface area contributed by atoms with Crippen molar-refractivity contribution in [2.24, 2.45) is 5.92 Å². The second-order valence-electron chi connectivity index (χ2n) is 6.44. The fourth-order valence-corrected chi connectivity index (χ4v) is 3.11. The van der Waals surface area contributed by atoms with Crippen molar-refractivity contribution >= 4 is 17.6 Å². The SMILES string of the molecule is CCOC(=O)CN(C(=O)COC1CCCC(C)C1)c1ccccc1F. The first kappa shape index (κ1) is 19.4. The van der Waals surface area contributed by atoms with E-state index in [4.69, 9.17) is 9.47 Å². The lowest BCUT2D eigenvalue weighted by molar-refractivity contribution is -0.142. The number of halogens is 1. The van der Waals surface area contributed by atoms with Crippen molar-refractivity contribution in [1.29, 1.82) is 0 Å². The van der Waals surface area contributed by atoms with Gasteiger partial charge >= 0.3 is 5.97 Å². The van der Waals surface area contributed by atoms with E-state index in [2.05, 4.69) is 6.92 Å². The van der Waals surface area contributed by atoms with Crippen molar-refractivity contribution in [1.82, 2.24) is 0 Å². The van der Waals surface area contributed by atoms with Crippen molar-refractivity contribution in [2.75, 3.05) is 24.7 Å². The summed E-state index contributed by atoms with van der Waals surface area (Å²) < 4.78 is 24.7. The van der Waals surface area contributed by atoms with Gasteiger partial charge in [-0.05, 0) is 37.8 Å². The molecule has 0 bridgehead atoms. The summed E-state index contributed by atoms with van der Waals surface area (Å²) in [5, 5.41) is 0. The van der Waals surface area contributed by atoms with E-state index < -0.39 is 17.7 Å². The lowest BCUT2D eigenvalue weighted by Crippen LogP contribution is -2.40. The molecule has 0 aliphatic heterocycles. The van der Waals surface area contributed by atoms with Crippen molar-refractivity contribution in [3.05, 3.63) is 30.1 Å². The fraction of sp³-hybridized carbons (Fsp3) is 0.579. The van der Waals surface area contributed by atoms with Gasteiger partial charge in [0.1, 0.15) is 19.0 Å². The van der Waals surface area contributed by atoms with Gasteiger partial charge in [-0.1, -0.05) is 31.9 Å². The lowest BCUT2D eigenvalue weighted by Gasteiger charge is -2.28. The van der Waals surface area contributed by atoms with Crippen LogP contribution < -0.4 is 4.90 Å². The van der Waals surface area contributed by atoms with E-state index in [-0.39, 0.29) is 31.5 Å². The second-order valence-corrected chi connectivity index (χ2v) is 6.44. The summed E-state index contributed by atoms with van der Waals surface area (Å²) in [5.74, 6) is -1.01. The summed E-state index contributed by atoms with van der Waals surface area (Å²) in [5.41, 5.74) is 0.0566. The van der Waals surface area contributed by atoms with Gasteiger partial charge in [0, 0.05) is 0 Å². The zero-order valence-electron chi connectivity index (χ0n) is 14.9. The largest absolute Gasteiger partial charge is 0.465 e. The number of hydrogen-bond acceptors (Lipinski definition) is 4. The molecule has 25 heavy (non-hydrogen) atoms. The number of carbonyl (C=O) groups excluding carboxylic acids is 2. The van der Waals surface area contributed by atoms with Gasteiger partial charge in [0.25, 0.3) is 5.91 Å². The molecule has 0 heterocycles. The van der Waals surface area contributed by atoms with Crippen LogP contribution in [0.25, 0.3) is 0 Å². The van der Waals surface area contributed by atoms with Crippen molar-refractivity contribution in [3.8, 4) is 0 Å². The third kappa shape index (κ3) is 5.81. The van der Waals surface area contributed by atoms with E-state index in [0.29, 0.717) is 5.92 Å². The summed E-state index contributed by atoms with van der Waals surface area (Å²) >= 11 is 0. The van der Waals surface area contributed by atoms with Gasteiger partial charge in [0.2, 0.25) is 0 Å². The number of nitrogens with zero attached hydrogens (tertiary/aromatic N) is 1. The molecule has 1 saturated carbocycles. The third-order valence-corrected chi connectivity index (χ3v) is 4.37. The Morgan fingerprint density at radius 3 is 2.72 bits per heavy atom. The Hall–Kier alpha value is -1.95. The standard InChI is InChI=1S/C19H26FNO4/c1-3-24-19(23)12-21(17-10-5-4-9-16(17)20)18(22)13-25-15-8-6-7-14(2)11-15/h4-5,9-10,14-15H,3,6-8,11-13H2,1-2H3. The van der Waals surface area contributed by atoms with Gasteiger partial charge in [0.05, 0.1) is 18.4 Å². The fourth-order valence-electron chi connectivity index (χ4n) is 3.11. The molecule has 2 atom stereocenters. The summed E-state index contributed by atoms with van der Waals surface area (Å²) in [6.45, 7) is 3.54. The van der Waals surface area contributed by atoms with Crippen LogP contribution in [0.2, 0.25) is 0 Å². The Kier molecular flexibility index (Phi) is 7.37. The van der Waals surface area contributed by atoms with E-state index >= 15 is 0 Å². The van der Waals surface area contributed by atoms with Crippen LogP contribution >= 0.6 is 0 Å². The number of benzene rings is 1. The number of ether oxygens (including phenoxy) is 2. The number of amides is 1. The molecule has 2 rings (SSSR count). The minimum atomic E-state index is -0.578. The Morgan fingerprint density at radius 2 is 2.04 bits per heavy atom. The van der Waals surface area contributed by atoms with Crippen molar-refractivity contribution in [2.45, 2.75) is 45.6 Å². The third-order valence-electron chi connectivity index (χ3n) is 4.37. The summed E-state index contributed by atoms with van der Waals surface area (Å²) in [7, 11) is 0. The molecule has 0 N–H and O–H groups in total. The minimum Gasteiger partial charge on any atom is -0.465 e. The minimum absolute atomic E-state index is 0.0396. The van der Waals surface area contributed by atoms with E-state index in [1.54, 1.807) is 13.0 Å². The molecule has 1 aromatic carbocycles. The molecule has 1 aromatic rings. The molecule has 0 radical (unpaired) electrons. The molecular weight excluding hydrogens is 325 g/mol. The normalized spacial score (nSPS) is 20.1. The van der Waals surface area contributed by atoms with Gasteiger partial charge < -0.3 is 9.47 Å². The molecule has 0 saturated heterocycles. The quantitative estimate of drug-likeness (QED) is 0.707. The first-order valence-electron chi connectivity index (χ1n) is 8.83. The number of anilines is 1.